The summed E-state index contributed by atoms with van der Waals surface area (Å²) in [5.74, 6) is 1.01. The lowest BCUT2D eigenvalue weighted by Gasteiger charge is -2.09. The Balaban J connectivity index is 1.55. The molecule has 0 spiro atoms. The maximum Gasteiger partial charge on any atom is 0.227 e. The molecule has 0 fully saturated rings. The number of nitrogens with zero attached hydrogens (tertiary/aromatic N) is 4. The number of hydrogen-bond acceptors (Lipinski definition) is 5. The Morgan fingerprint density at radius 3 is 2.77 bits per heavy atom. The van der Waals surface area contributed by atoms with Gasteiger partial charge >= 0.3 is 0 Å². The number of benzene rings is 2. The molecule has 0 aliphatic heterocycles. The molecular weight excluding hydrogens is 377 g/mol. The topological polar surface area (TPSA) is 81.9 Å². The van der Waals surface area contributed by atoms with E-state index in [1.165, 1.54) is 0 Å². The van der Waals surface area contributed by atoms with Gasteiger partial charge in [-0.3, -0.25) is 4.79 Å². The molecule has 7 nitrogen and oxygen atoms in total. The second-order valence-electron chi connectivity index (χ2n) is 5.43. The number of ether oxygens (including phenoxy) is 1. The highest BCUT2D eigenvalue weighted by Crippen LogP contribution is 2.26. The van der Waals surface area contributed by atoms with Crippen LogP contribution in [0.5, 0.6) is 5.75 Å². The predicted octanol–water partition coefficient (Wildman–Crippen LogP) is 3.59. The molecule has 3 aromatic rings. The minimum Gasteiger partial charge on any atom is -0.493 e. The van der Waals surface area contributed by atoms with Gasteiger partial charge in [0, 0.05) is 24.4 Å². The lowest BCUT2D eigenvalue weighted by atomic mass is 10.2. The minimum atomic E-state index is -0.168. The van der Waals surface area contributed by atoms with Gasteiger partial charge in [0.15, 0.2) is 5.82 Å². The summed E-state index contributed by atoms with van der Waals surface area (Å²) in [6, 6.07) is 12.3. The first-order valence-corrected chi connectivity index (χ1v) is 8.49. The number of carbonyl (C=O) groups excluding carboxylic acids is 1. The number of amides is 1. The van der Waals surface area contributed by atoms with E-state index in [4.69, 9.17) is 27.9 Å². The lowest BCUT2D eigenvalue weighted by molar-refractivity contribution is -0.116. The van der Waals surface area contributed by atoms with Crippen LogP contribution in [0.4, 0.5) is 5.69 Å². The number of carbonyl (C=O) groups is 1. The van der Waals surface area contributed by atoms with E-state index in [-0.39, 0.29) is 18.9 Å². The molecule has 1 heterocycles. The first kappa shape index (κ1) is 18.2. The van der Waals surface area contributed by atoms with E-state index in [2.05, 4.69) is 20.8 Å². The summed E-state index contributed by atoms with van der Waals surface area (Å²) >= 11 is 11.8. The van der Waals surface area contributed by atoms with Crippen molar-refractivity contribution in [1.29, 1.82) is 0 Å². The highest BCUT2D eigenvalue weighted by Gasteiger charge is 2.08. The molecule has 0 atom stereocenters. The number of tetrazole rings is 1. The van der Waals surface area contributed by atoms with Crippen LogP contribution in [0, 0.1) is 0 Å². The molecule has 0 aliphatic carbocycles. The Kier molecular flexibility index (Phi) is 5.70. The van der Waals surface area contributed by atoms with E-state index >= 15 is 0 Å². The summed E-state index contributed by atoms with van der Waals surface area (Å²) in [5, 5.41) is 15.0. The molecule has 0 saturated carbocycles. The molecule has 0 radical (unpaired) electrons. The molecule has 0 unspecified atom stereocenters. The van der Waals surface area contributed by atoms with Crippen molar-refractivity contribution in [3.05, 3.63) is 52.5 Å². The fourth-order valence-corrected chi connectivity index (χ4v) is 2.55. The second kappa shape index (κ2) is 8.16. The van der Waals surface area contributed by atoms with Crippen molar-refractivity contribution in [3.63, 3.8) is 0 Å². The molecule has 1 N–H and O–H groups in total. The van der Waals surface area contributed by atoms with Crippen LogP contribution >= 0.6 is 23.2 Å². The van der Waals surface area contributed by atoms with Crippen LogP contribution < -0.4 is 10.1 Å². The van der Waals surface area contributed by atoms with Crippen molar-refractivity contribution in [2.24, 2.45) is 7.05 Å². The Morgan fingerprint density at radius 1 is 1.19 bits per heavy atom. The van der Waals surface area contributed by atoms with Gasteiger partial charge in [0.25, 0.3) is 0 Å². The number of hydrogen-bond donors (Lipinski definition) is 1. The van der Waals surface area contributed by atoms with Crippen molar-refractivity contribution in [3.8, 4) is 17.1 Å². The molecule has 0 bridgehead atoms. The van der Waals surface area contributed by atoms with E-state index < -0.39 is 0 Å². The zero-order valence-corrected chi connectivity index (χ0v) is 15.3. The zero-order valence-electron chi connectivity index (χ0n) is 13.8. The normalized spacial score (nSPS) is 10.6. The average Bonchev–Trinajstić information content (AvgIpc) is 3.04. The van der Waals surface area contributed by atoms with Crippen LogP contribution in [-0.4, -0.2) is 32.7 Å². The summed E-state index contributed by atoms with van der Waals surface area (Å²) in [5.41, 5.74) is 1.47. The predicted molar refractivity (Wildman–Crippen MR) is 99.4 cm³/mol. The molecular formula is C17H15Cl2N5O2. The molecule has 2 aromatic carbocycles. The lowest BCUT2D eigenvalue weighted by Crippen LogP contribution is -2.15. The number of aromatic nitrogens is 4. The van der Waals surface area contributed by atoms with Crippen LogP contribution in [-0.2, 0) is 11.8 Å². The highest BCUT2D eigenvalue weighted by molar-refractivity contribution is 6.42. The maximum atomic E-state index is 12.1. The molecule has 9 heteroatoms. The third-order valence-corrected chi connectivity index (χ3v) is 4.25. The number of halogens is 2. The van der Waals surface area contributed by atoms with E-state index in [1.54, 1.807) is 36.0 Å². The summed E-state index contributed by atoms with van der Waals surface area (Å²) in [6.45, 7) is 0.219. The van der Waals surface area contributed by atoms with Crippen molar-refractivity contribution >= 4 is 34.8 Å². The van der Waals surface area contributed by atoms with Gasteiger partial charge < -0.3 is 10.1 Å². The molecule has 1 amide bonds. The van der Waals surface area contributed by atoms with Gasteiger partial charge in [-0.05, 0) is 34.7 Å². The Bertz CT molecular complexity index is 929. The van der Waals surface area contributed by atoms with Crippen LogP contribution in [0.1, 0.15) is 6.42 Å². The number of anilines is 1. The summed E-state index contributed by atoms with van der Waals surface area (Å²) in [7, 11) is 1.75. The largest absolute Gasteiger partial charge is 0.493 e. The van der Waals surface area contributed by atoms with Crippen LogP contribution in [0.2, 0.25) is 10.0 Å². The van der Waals surface area contributed by atoms with Gasteiger partial charge in [-0.2, -0.15) is 0 Å². The number of aryl methyl sites for hydroxylation is 1. The number of rotatable bonds is 6. The molecule has 0 aliphatic rings. The second-order valence-corrected chi connectivity index (χ2v) is 6.24. The third-order valence-electron chi connectivity index (χ3n) is 3.51. The van der Waals surface area contributed by atoms with E-state index in [0.717, 1.165) is 5.56 Å². The fraction of sp³-hybridized carbons (Fsp3) is 0.176. The zero-order chi connectivity index (χ0) is 18.5. The molecule has 26 heavy (non-hydrogen) atoms. The Labute approximate surface area is 159 Å². The third kappa shape index (κ3) is 4.50. The van der Waals surface area contributed by atoms with Crippen LogP contribution in [0.3, 0.4) is 0 Å². The first-order valence-electron chi connectivity index (χ1n) is 7.73. The van der Waals surface area contributed by atoms with E-state index in [0.29, 0.717) is 27.3 Å². The van der Waals surface area contributed by atoms with Crippen molar-refractivity contribution in [2.45, 2.75) is 6.42 Å². The standard InChI is InChI=1S/C17H15Cl2N5O2/c1-24-17(21-22-23-24)11-3-2-4-12(9-11)20-16(25)7-8-26-13-5-6-14(18)15(19)10-13/h2-6,9-10H,7-8H2,1H3,(H,20,25). The van der Waals surface area contributed by atoms with Gasteiger partial charge in [-0.15, -0.1) is 5.10 Å². The van der Waals surface area contributed by atoms with Crippen molar-refractivity contribution in [2.75, 3.05) is 11.9 Å². The molecule has 0 saturated heterocycles. The highest BCUT2D eigenvalue weighted by atomic mass is 35.5. The average molecular weight is 392 g/mol. The summed E-state index contributed by atoms with van der Waals surface area (Å²) in [4.78, 5) is 12.1. The van der Waals surface area contributed by atoms with E-state index in [9.17, 15) is 4.79 Å². The maximum absolute atomic E-state index is 12.1. The molecule has 1 aromatic heterocycles. The minimum absolute atomic E-state index is 0.168. The van der Waals surface area contributed by atoms with Crippen molar-refractivity contribution in [1.82, 2.24) is 20.2 Å². The van der Waals surface area contributed by atoms with Crippen LogP contribution in [0.25, 0.3) is 11.4 Å². The smallest absolute Gasteiger partial charge is 0.227 e. The van der Waals surface area contributed by atoms with Crippen LogP contribution in [0.15, 0.2) is 42.5 Å². The monoisotopic (exact) mass is 391 g/mol. The van der Waals surface area contributed by atoms with Gasteiger partial charge in [0.05, 0.1) is 23.1 Å². The van der Waals surface area contributed by atoms with Crippen molar-refractivity contribution < 1.29 is 9.53 Å². The Hall–Kier alpha value is -2.64. The van der Waals surface area contributed by atoms with Gasteiger partial charge in [-0.25, -0.2) is 4.68 Å². The SMILES string of the molecule is Cn1nnnc1-c1cccc(NC(=O)CCOc2ccc(Cl)c(Cl)c2)c1. The first-order chi connectivity index (χ1) is 12.5. The van der Waals surface area contributed by atoms with Gasteiger partial charge in [0.2, 0.25) is 5.91 Å². The summed E-state index contributed by atoms with van der Waals surface area (Å²) < 4.78 is 7.08. The van der Waals surface area contributed by atoms with Gasteiger partial charge in [0.1, 0.15) is 5.75 Å². The summed E-state index contributed by atoms with van der Waals surface area (Å²) in [6.07, 6.45) is 0.190. The molecule has 134 valence electrons. The quantitative estimate of drug-likeness (QED) is 0.693. The Morgan fingerprint density at radius 2 is 2.04 bits per heavy atom. The van der Waals surface area contributed by atoms with Gasteiger partial charge in [-0.1, -0.05) is 35.3 Å². The fourth-order valence-electron chi connectivity index (χ4n) is 2.26. The van der Waals surface area contributed by atoms with E-state index in [1.807, 2.05) is 18.2 Å². The number of nitrogens with one attached hydrogen (secondary N) is 1. The molecule has 3 rings (SSSR count).